The van der Waals surface area contributed by atoms with Crippen LogP contribution < -0.4 is 10.1 Å². The third-order valence-corrected chi connectivity index (χ3v) is 5.34. The molecule has 3 aromatic rings. The predicted octanol–water partition coefficient (Wildman–Crippen LogP) is 3.95. The molecule has 0 saturated carbocycles. The summed E-state index contributed by atoms with van der Waals surface area (Å²) < 4.78 is 7.84. The van der Waals surface area contributed by atoms with Gasteiger partial charge in [0.2, 0.25) is 5.95 Å². The highest BCUT2D eigenvalue weighted by Gasteiger charge is 2.11. The van der Waals surface area contributed by atoms with Gasteiger partial charge in [-0.2, -0.15) is 0 Å². The minimum Gasteiger partial charge on any atom is -0.503 e. The Hall–Kier alpha value is -3.53. The van der Waals surface area contributed by atoms with E-state index < -0.39 is 11.9 Å². The lowest BCUT2D eigenvalue weighted by Gasteiger charge is -2.11. The molecule has 1 heterocycles. The number of carboxylic acid groups (broad SMARTS) is 2. The molecule has 0 unspecified atom stereocenters. The van der Waals surface area contributed by atoms with Crippen LogP contribution in [0.15, 0.2) is 41.0 Å². The number of ether oxygens (including phenoxy) is 1. The zero-order valence-corrected chi connectivity index (χ0v) is 19.6. The van der Waals surface area contributed by atoms with E-state index in [4.69, 9.17) is 24.5 Å². The summed E-state index contributed by atoms with van der Waals surface area (Å²) in [5, 5.41) is 28.0. The Balaban J connectivity index is 0.000000534. The summed E-state index contributed by atoms with van der Waals surface area (Å²) in [5.74, 6) is -2.33. The van der Waals surface area contributed by atoms with E-state index >= 15 is 0 Å². The number of aromatic nitrogens is 2. The zero-order chi connectivity index (χ0) is 24.0. The van der Waals surface area contributed by atoms with Gasteiger partial charge in [0.1, 0.15) is 0 Å². The molecule has 0 radical (unpaired) electrons. The van der Waals surface area contributed by atoms with Crippen LogP contribution in [0, 0.1) is 13.8 Å². The Morgan fingerprint density at radius 3 is 2.34 bits per heavy atom. The van der Waals surface area contributed by atoms with Crippen LogP contribution in [-0.2, 0) is 23.2 Å². The van der Waals surface area contributed by atoms with Crippen molar-refractivity contribution in [2.24, 2.45) is 7.05 Å². The van der Waals surface area contributed by atoms with Gasteiger partial charge >= 0.3 is 11.9 Å². The van der Waals surface area contributed by atoms with E-state index in [1.807, 2.05) is 23.9 Å². The molecule has 9 nitrogen and oxygen atoms in total. The van der Waals surface area contributed by atoms with Crippen molar-refractivity contribution >= 4 is 33.8 Å². The van der Waals surface area contributed by atoms with E-state index in [-0.39, 0.29) is 5.75 Å². The lowest BCUT2D eigenvalue weighted by atomic mass is 10.0. The number of rotatable bonds is 5. The van der Waals surface area contributed by atoms with Crippen molar-refractivity contribution in [3.05, 3.63) is 57.7 Å². The van der Waals surface area contributed by atoms with Crippen molar-refractivity contribution in [3.8, 4) is 22.8 Å². The number of hydrogen-bond donors (Lipinski definition) is 4. The number of phenolic OH excluding ortho intramolecular Hbond substituents is 1. The summed E-state index contributed by atoms with van der Waals surface area (Å²) in [6.07, 6.45) is 1.87. The number of aryl methyl sites for hydroxylation is 2. The number of imidazole rings is 1. The molecule has 0 aliphatic rings. The van der Waals surface area contributed by atoms with Crippen molar-refractivity contribution in [1.82, 2.24) is 9.55 Å². The second-order valence-corrected chi connectivity index (χ2v) is 7.77. The predicted molar refractivity (Wildman–Crippen MR) is 123 cm³/mol. The van der Waals surface area contributed by atoms with E-state index in [1.165, 1.54) is 18.2 Å². The maximum Gasteiger partial charge on any atom is 0.414 e. The highest BCUT2D eigenvalue weighted by molar-refractivity contribution is 9.10. The molecule has 170 valence electrons. The van der Waals surface area contributed by atoms with Gasteiger partial charge in [-0.15, -0.1) is 0 Å². The van der Waals surface area contributed by atoms with Crippen LogP contribution in [0.25, 0.3) is 11.3 Å². The fourth-order valence-electron chi connectivity index (χ4n) is 2.81. The van der Waals surface area contributed by atoms with Gasteiger partial charge in [0, 0.05) is 19.2 Å². The van der Waals surface area contributed by atoms with Gasteiger partial charge in [-0.05, 0) is 64.7 Å². The molecule has 32 heavy (non-hydrogen) atoms. The first-order chi connectivity index (χ1) is 15.0. The lowest BCUT2D eigenvalue weighted by molar-refractivity contribution is -0.159. The Morgan fingerprint density at radius 2 is 1.78 bits per heavy atom. The van der Waals surface area contributed by atoms with Crippen molar-refractivity contribution in [2.45, 2.75) is 20.4 Å². The van der Waals surface area contributed by atoms with Gasteiger partial charge in [-0.25, -0.2) is 14.6 Å². The fraction of sp³-hybridized carbons (Fsp3) is 0.227. The number of phenols is 1. The normalized spacial score (nSPS) is 10.2. The molecule has 0 atom stereocenters. The van der Waals surface area contributed by atoms with Crippen LogP contribution in [0.5, 0.6) is 11.5 Å². The summed E-state index contributed by atoms with van der Waals surface area (Å²) in [7, 11) is 3.53. The van der Waals surface area contributed by atoms with Gasteiger partial charge in [0.05, 0.1) is 23.5 Å². The molecular weight excluding hydrogens is 482 g/mol. The van der Waals surface area contributed by atoms with Crippen molar-refractivity contribution in [1.29, 1.82) is 0 Å². The average Bonchev–Trinajstić information content (AvgIpc) is 3.11. The van der Waals surface area contributed by atoms with Crippen LogP contribution in [0.1, 0.15) is 16.7 Å². The first-order valence-electron chi connectivity index (χ1n) is 9.40. The highest BCUT2D eigenvalue weighted by Crippen LogP contribution is 2.35. The Bertz CT molecular complexity index is 1130. The van der Waals surface area contributed by atoms with Crippen LogP contribution in [-0.4, -0.2) is 43.9 Å². The highest BCUT2D eigenvalue weighted by atomic mass is 79.9. The molecule has 0 bridgehead atoms. The molecule has 0 aliphatic carbocycles. The molecule has 10 heteroatoms. The molecule has 4 N–H and O–H groups in total. The Morgan fingerprint density at radius 1 is 1.12 bits per heavy atom. The minimum atomic E-state index is -1.82. The molecule has 0 saturated heterocycles. The number of hydrogen-bond acceptors (Lipinski definition) is 6. The summed E-state index contributed by atoms with van der Waals surface area (Å²) in [6, 6.07) is 10.1. The number of anilines is 1. The molecule has 3 rings (SSSR count). The maximum absolute atomic E-state index is 9.91. The number of benzene rings is 2. The minimum absolute atomic E-state index is 0.102. The second kappa shape index (κ2) is 10.7. The van der Waals surface area contributed by atoms with E-state index in [0.29, 0.717) is 16.8 Å². The Labute approximate surface area is 193 Å². The largest absolute Gasteiger partial charge is 0.503 e. The molecule has 1 aromatic heterocycles. The summed E-state index contributed by atoms with van der Waals surface area (Å²) in [4.78, 5) is 22.7. The second-order valence-electron chi connectivity index (χ2n) is 6.92. The lowest BCUT2D eigenvalue weighted by Crippen LogP contribution is -2.09. The van der Waals surface area contributed by atoms with Crippen LogP contribution in [0.4, 0.5) is 5.95 Å². The third kappa shape index (κ3) is 6.01. The number of aromatic hydroxyl groups is 1. The van der Waals surface area contributed by atoms with Crippen molar-refractivity contribution in [3.63, 3.8) is 0 Å². The van der Waals surface area contributed by atoms with Gasteiger partial charge in [-0.3, -0.25) is 0 Å². The standard InChI is InChI=1S/C20H22BrN3O2.C2H2O4/c1-12-5-6-15(7-13(12)2)17-11-23-20(24(17)3)22-10-14-8-16(21)19(25)18(9-14)26-4;3-1(4)2(5)6/h5-9,11,25H,10H2,1-4H3,(H,22,23);(H,3,4)(H,5,6). The topological polar surface area (TPSA) is 134 Å². The van der Waals surface area contributed by atoms with Gasteiger partial charge < -0.3 is 29.9 Å². The zero-order valence-electron chi connectivity index (χ0n) is 18.0. The van der Waals surface area contributed by atoms with E-state index in [2.05, 4.69) is 58.3 Å². The molecule has 0 amide bonds. The number of halogens is 1. The molecule has 0 fully saturated rings. The number of carboxylic acids is 2. The Kier molecular flexibility index (Phi) is 8.25. The SMILES string of the molecule is COc1cc(CNc2ncc(-c3ccc(C)c(C)c3)n2C)cc(Br)c1O.O=C(O)C(=O)O. The van der Waals surface area contributed by atoms with Crippen LogP contribution in [0.3, 0.4) is 0 Å². The van der Waals surface area contributed by atoms with Crippen LogP contribution >= 0.6 is 15.9 Å². The number of methoxy groups -OCH3 is 1. The first-order valence-corrected chi connectivity index (χ1v) is 10.2. The summed E-state index contributed by atoms with van der Waals surface area (Å²) >= 11 is 3.35. The number of aliphatic carboxylic acids is 2. The summed E-state index contributed by atoms with van der Waals surface area (Å²) in [5.41, 5.74) is 5.72. The average molecular weight is 506 g/mol. The molecule has 2 aromatic carbocycles. The number of nitrogens with zero attached hydrogens (tertiary/aromatic N) is 2. The smallest absolute Gasteiger partial charge is 0.414 e. The van der Waals surface area contributed by atoms with Crippen molar-refractivity contribution < 1.29 is 29.6 Å². The molecular formula is C22H24BrN3O6. The first kappa shape index (κ1) is 24.7. The monoisotopic (exact) mass is 505 g/mol. The van der Waals surface area contributed by atoms with Crippen molar-refractivity contribution in [2.75, 3.05) is 12.4 Å². The molecule has 0 spiro atoms. The van der Waals surface area contributed by atoms with E-state index in [1.54, 1.807) is 6.07 Å². The number of nitrogens with one attached hydrogen (secondary N) is 1. The van der Waals surface area contributed by atoms with Gasteiger partial charge in [0.25, 0.3) is 0 Å². The van der Waals surface area contributed by atoms with E-state index in [9.17, 15) is 5.11 Å². The van der Waals surface area contributed by atoms with Gasteiger partial charge in [0.15, 0.2) is 11.5 Å². The maximum atomic E-state index is 9.91. The summed E-state index contributed by atoms with van der Waals surface area (Å²) in [6.45, 7) is 4.79. The molecule has 0 aliphatic heterocycles. The number of carbonyl (C=O) groups is 2. The quantitative estimate of drug-likeness (QED) is 0.383. The van der Waals surface area contributed by atoms with Crippen LogP contribution in [0.2, 0.25) is 0 Å². The fourth-order valence-corrected chi connectivity index (χ4v) is 3.30. The van der Waals surface area contributed by atoms with E-state index in [0.717, 1.165) is 22.8 Å². The van der Waals surface area contributed by atoms with Gasteiger partial charge in [-0.1, -0.05) is 12.1 Å². The third-order valence-electron chi connectivity index (χ3n) is 4.73.